The Hall–Kier alpha value is 0.0938. The van der Waals surface area contributed by atoms with Crippen molar-refractivity contribution >= 4 is 17.8 Å². The molecular weight excluding hydrogens is 252 g/mol. The van der Waals surface area contributed by atoms with Crippen molar-refractivity contribution in [3.63, 3.8) is 0 Å². The van der Waals surface area contributed by atoms with Gasteiger partial charge in [0.05, 0.1) is 0 Å². The van der Waals surface area contributed by atoms with E-state index in [4.69, 9.17) is 0 Å². The summed E-state index contributed by atoms with van der Waals surface area (Å²) in [7, 11) is 1.23. The molecule has 0 aliphatic carbocycles. The lowest BCUT2D eigenvalue weighted by Gasteiger charge is -2.42. The lowest BCUT2D eigenvalue weighted by atomic mass is 10.4. The van der Waals surface area contributed by atoms with Gasteiger partial charge in [0.2, 0.25) is 0 Å². The first kappa shape index (κ1) is 16.1. The second-order valence-electron chi connectivity index (χ2n) is 6.44. The van der Waals surface area contributed by atoms with E-state index in [2.05, 4.69) is 49.5 Å². The Labute approximate surface area is 117 Å². The van der Waals surface area contributed by atoms with Gasteiger partial charge < -0.3 is 9.47 Å². The van der Waals surface area contributed by atoms with E-state index in [0.717, 1.165) is 0 Å². The molecule has 0 aromatic heterocycles. The lowest BCUT2D eigenvalue weighted by Crippen LogP contribution is -2.56. The van der Waals surface area contributed by atoms with E-state index in [1.807, 2.05) is 0 Å². The molecule has 0 atom stereocenters. The molecule has 1 aliphatic heterocycles. The van der Waals surface area contributed by atoms with Gasteiger partial charge in [0.15, 0.2) is 0 Å². The van der Waals surface area contributed by atoms with Crippen LogP contribution in [0.5, 0.6) is 0 Å². The highest BCUT2D eigenvalue weighted by atomic mass is 28.3. The van der Waals surface area contributed by atoms with Crippen LogP contribution in [-0.2, 0) is 0 Å². The molecule has 0 saturated carbocycles. The van der Waals surface area contributed by atoms with Crippen LogP contribution in [0.15, 0.2) is 11.3 Å². The zero-order valence-electron chi connectivity index (χ0n) is 13.1. The van der Waals surface area contributed by atoms with Crippen LogP contribution in [0, 0.1) is 0 Å². The molecular formula is C14H32N2Si2. The average molecular weight is 285 g/mol. The maximum absolute atomic E-state index is 2.83. The van der Waals surface area contributed by atoms with Gasteiger partial charge in [0, 0.05) is 35.7 Å². The zero-order chi connectivity index (χ0) is 13.6. The molecule has 0 bridgehead atoms. The Morgan fingerprint density at radius 2 is 1.83 bits per heavy atom. The largest absolute Gasteiger partial charge is 0.321 e. The van der Waals surface area contributed by atoms with Gasteiger partial charge in [-0.2, -0.15) is 0 Å². The lowest BCUT2D eigenvalue weighted by molar-refractivity contribution is 0.216. The summed E-state index contributed by atoms with van der Waals surface area (Å²) >= 11 is 0. The van der Waals surface area contributed by atoms with Crippen LogP contribution in [0.4, 0.5) is 0 Å². The highest BCUT2D eigenvalue weighted by Gasteiger charge is 2.30. The minimum Gasteiger partial charge on any atom is -0.321 e. The molecule has 18 heavy (non-hydrogen) atoms. The Morgan fingerprint density at radius 1 is 1.22 bits per heavy atom. The molecule has 1 rings (SSSR count). The third-order valence-electron chi connectivity index (χ3n) is 4.46. The SMILES string of the molecule is CC=C(C)[SiH2]CCC[Si](C)(C)N1CCN(C)CC1. The maximum atomic E-state index is 2.83. The summed E-state index contributed by atoms with van der Waals surface area (Å²) in [4.78, 5) is 2.46. The fraction of sp³-hybridized carbons (Fsp3) is 0.857. The molecule has 0 radical (unpaired) electrons. The summed E-state index contributed by atoms with van der Waals surface area (Å²) in [6, 6.07) is 3.01. The van der Waals surface area contributed by atoms with E-state index in [1.165, 1.54) is 44.7 Å². The smallest absolute Gasteiger partial charge is 0.122 e. The molecule has 0 aromatic carbocycles. The van der Waals surface area contributed by atoms with Gasteiger partial charge >= 0.3 is 0 Å². The molecule has 1 heterocycles. The molecule has 1 aliphatic rings. The van der Waals surface area contributed by atoms with Gasteiger partial charge in [-0.05, 0) is 26.9 Å². The fourth-order valence-electron chi connectivity index (χ4n) is 2.68. The van der Waals surface area contributed by atoms with Crippen LogP contribution in [0.3, 0.4) is 0 Å². The normalized spacial score (nSPS) is 21.1. The summed E-state index contributed by atoms with van der Waals surface area (Å²) < 4.78 is 2.83. The average Bonchev–Trinajstić information content (AvgIpc) is 2.35. The van der Waals surface area contributed by atoms with Crippen molar-refractivity contribution in [1.29, 1.82) is 0 Å². The van der Waals surface area contributed by atoms with Crippen molar-refractivity contribution in [3.8, 4) is 0 Å². The minimum absolute atomic E-state index is 0.0864. The predicted molar refractivity (Wildman–Crippen MR) is 88.8 cm³/mol. The second kappa shape index (κ2) is 7.63. The quantitative estimate of drug-likeness (QED) is 0.546. The van der Waals surface area contributed by atoms with Gasteiger partial charge in [-0.25, -0.2) is 0 Å². The number of hydrogen-bond acceptors (Lipinski definition) is 2. The van der Waals surface area contributed by atoms with Crippen LogP contribution in [0.1, 0.15) is 20.3 Å². The summed E-state index contributed by atoms with van der Waals surface area (Å²) in [5.74, 6) is 0. The van der Waals surface area contributed by atoms with Gasteiger partial charge in [-0.15, -0.1) is 0 Å². The number of nitrogens with zero attached hydrogens (tertiary/aromatic N) is 2. The van der Waals surface area contributed by atoms with Crippen molar-refractivity contribution in [1.82, 2.24) is 9.47 Å². The van der Waals surface area contributed by atoms with Crippen molar-refractivity contribution in [3.05, 3.63) is 11.3 Å². The zero-order valence-corrected chi connectivity index (χ0v) is 15.5. The second-order valence-corrected chi connectivity index (χ2v) is 13.5. The highest BCUT2D eigenvalue weighted by molar-refractivity contribution is 6.74. The van der Waals surface area contributed by atoms with Crippen molar-refractivity contribution in [2.45, 2.75) is 45.5 Å². The minimum atomic E-state index is -1.10. The number of piperazine rings is 1. The number of likely N-dealkylation sites (N-methyl/N-ethyl adjacent to an activating group) is 1. The molecule has 106 valence electrons. The molecule has 0 N–H and O–H groups in total. The molecule has 4 heteroatoms. The van der Waals surface area contributed by atoms with Crippen LogP contribution >= 0.6 is 0 Å². The molecule has 0 amide bonds. The monoisotopic (exact) mass is 284 g/mol. The maximum Gasteiger partial charge on any atom is 0.122 e. The van der Waals surface area contributed by atoms with Crippen molar-refractivity contribution < 1.29 is 0 Å². The summed E-state index contributed by atoms with van der Waals surface area (Å²) in [6.07, 6.45) is 3.79. The molecule has 0 unspecified atom stereocenters. The van der Waals surface area contributed by atoms with E-state index in [9.17, 15) is 0 Å². The van der Waals surface area contributed by atoms with E-state index < -0.39 is 8.24 Å². The van der Waals surface area contributed by atoms with Gasteiger partial charge in [0.1, 0.15) is 8.24 Å². The van der Waals surface area contributed by atoms with Crippen LogP contribution in [0.2, 0.25) is 25.2 Å². The van der Waals surface area contributed by atoms with E-state index >= 15 is 0 Å². The number of allylic oxidation sites excluding steroid dienone is 2. The first-order valence-corrected chi connectivity index (χ1v) is 12.4. The van der Waals surface area contributed by atoms with Gasteiger partial charge in [-0.3, -0.25) is 0 Å². The molecule has 1 fully saturated rings. The third kappa shape index (κ3) is 5.38. The van der Waals surface area contributed by atoms with Crippen molar-refractivity contribution in [2.24, 2.45) is 0 Å². The Balaban J connectivity index is 2.26. The predicted octanol–water partition coefficient (Wildman–Crippen LogP) is 2.34. The Kier molecular flexibility index (Phi) is 6.84. The highest BCUT2D eigenvalue weighted by Crippen LogP contribution is 2.20. The molecule has 1 saturated heterocycles. The van der Waals surface area contributed by atoms with E-state index in [0.29, 0.717) is 0 Å². The number of hydrogen-bond donors (Lipinski definition) is 0. The van der Waals surface area contributed by atoms with Gasteiger partial charge in [0.25, 0.3) is 0 Å². The first-order valence-electron chi connectivity index (χ1n) is 7.51. The van der Waals surface area contributed by atoms with Gasteiger partial charge in [-0.1, -0.05) is 36.8 Å². The van der Waals surface area contributed by atoms with Crippen LogP contribution < -0.4 is 0 Å². The van der Waals surface area contributed by atoms with E-state index in [-0.39, 0.29) is 9.52 Å². The Morgan fingerprint density at radius 3 is 2.39 bits per heavy atom. The Bertz CT molecular complexity index is 269. The summed E-state index contributed by atoms with van der Waals surface area (Å²) in [5, 5.41) is 1.69. The fourth-order valence-corrected chi connectivity index (χ4v) is 7.36. The van der Waals surface area contributed by atoms with E-state index in [1.54, 1.807) is 5.20 Å². The van der Waals surface area contributed by atoms with Crippen LogP contribution in [-0.4, -0.2) is 60.4 Å². The molecule has 2 nitrogen and oxygen atoms in total. The molecule has 0 aromatic rings. The first-order chi connectivity index (χ1) is 8.45. The topological polar surface area (TPSA) is 6.48 Å². The van der Waals surface area contributed by atoms with Crippen LogP contribution in [0.25, 0.3) is 0 Å². The molecule has 0 spiro atoms. The van der Waals surface area contributed by atoms with Crippen molar-refractivity contribution in [2.75, 3.05) is 33.2 Å². The summed E-state index contributed by atoms with van der Waals surface area (Å²) in [5.41, 5.74) is 0. The third-order valence-corrected chi connectivity index (χ3v) is 10.2. The number of rotatable bonds is 6. The standard InChI is InChI=1S/C14H32N2Si2/c1-6-14(2)17-12-7-13-18(4,5)16-10-8-15(3)9-11-16/h6H,7-13,17H2,1-5H3. The summed E-state index contributed by atoms with van der Waals surface area (Å²) in [6.45, 7) is 14.8.